The third kappa shape index (κ3) is 3.84. The number of rotatable bonds is 1. The molecule has 0 radical (unpaired) electrons. The molecule has 0 bridgehead atoms. The number of amides is 1. The van der Waals surface area contributed by atoms with E-state index in [0.717, 1.165) is 5.56 Å². The summed E-state index contributed by atoms with van der Waals surface area (Å²) in [6, 6.07) is 4.39. The van der Waals surface area contributed by atoms with Crippen LogP contribution in [0.25, 0.3) is 0 Å². The summed E-state index contributed by atoms with van der Waals surface area (Å²) in [6.45, 7) is 6.36. The summed E-state index contributed by atoms with van der Waals surface area (Å²) < 4.78 is 10.8. The fourth-order valence-corrected chi connectivity index (χ4v) is 1.95. The van der Waals surface area contributed by atoms with Crippen LogP contribution in [-0.2, 0) is 11.3 Å². The van der Waals surface area contributed by atoms with Gasteiger partial charge in [0.05, 0.1) is 24.1 Å². The number of nitrogens with zero attached hydrogens (tertiary/aromatic N) is 2. The van der Waals surface area contributed by atoms with Crippen molar-refractivity contribution in [3.63, 3.8) is 0 Å². The molecule has 7 nitrogen and oxygen atoms in total. The van der Waals surface area contributed by atoms with E-state index in [1.165, 1.54) is 17.0 Å². The molecule has 1 amide bonds. The Morgan fingerprint density at radius 3 is 2.76 bits per heavy atom. The second-order valence-electron chi connectivity index (χ2n) is 5.80. The van der Waals surface area contributed by atoms with Gasteiger partial charge in [-0.3, -0.25) is 10.1 Å². The van der Waals surface area contributed by atoms with Crippen molar-refractivity contribution >= 4 is 11.8 Å². The lowest BCUT2D eigenvalue weighted by molar-refractivity contribution is -0.384. The fraction of sp³-hybridized carbons (Fsp3) is 0.500. The van der Waals surface area contributed by atoms with Crippen LogP contribution in [0.2, 0.25) is 0 Å². The first-order valence-corrected chi connectivity index (χ1v) is 6.64. The van der Waals surface area contributed by atoms with Crippen molar-refractivity contribution < 1.29 is 19.2 Å². The molecule has 114 valence electrons. The van der Waals surface area contributed by atoms with Gasteiger partial charge >= 0.3 is 6.09 Å². The molecule has 0 aliphatic carbocycles. The molecule has 0 aromatic heterocycles. The summed E-state index contributed by atoms with van der Waals surface area (Å²) in [5.41, 5.74) is 0.131. The minimum Gasteiger partial charge on any atom is -0.491 e. The predicted octanol–water partition coefficient (Wildman–Crippen LogP) is 2.72. The van der Waals surface area contributed by atoms with Crippen molar-refractivity contribution in [1.29, 1.82) is 0 Å². The van der Waals surface area contributed by atoms with Crippen LogP contribution in [0.4, 0.5) is 10.5 Å². The second kappa shape index (κ2) is 5.59. The lowest BCUT2D eigenvalue weighted by Gasteiger charge is -2.26. The normalized spacial score (nSPS) is 14.7. The fourth-order valence-electron chi connectivity index (χ4n) is 1.95. The number of nitro groups is 1. The quantitative estimate of drug-likeness (QED) is 0.587. The van der Waals surface area contributed by atoms with Crippen molar-refractivity contribution in [2.45, 2.75) is 32.9 Å². The highest BCUT2D eigenvalue weighted by atomic mass is 16.6. The lowest BCUT2D eigenvalue weighted by Crippen LogP contribution is -2.37. The molecule has 7 heteroatoms. The summed E-state index contributed by atoms with van der Waals surface area (Å²) >= 11 is 0. The highest BCUT2D eigenvalue weighted by Crippen LogP contribution is 2.28. The van der Waals surface area contributed by atoms with E-state index in [9.17, 15) is 14.9 Å². The molecular formula is C14H18N2O5. The van der Waals surface area contributed by atoms with E-state index >= 15 is 0 Å². The van der Waals surface area contributed by atoms with Gasteiger partial charge in [0.15, 0.2) is 0 Å². The molecule has 21 heavy (non-hydrogen) atoms. The molecule has 0 fully saturated rings. The van der Waals surface area contributed by atoms with Gasteiger partial charge in [0, 0.05) is 11.6 Å². The first-order valence-electron chi connectivity index (χ1n) is 6.64. The van der Waals surface area contributed by atoms with Crippen LogP contribution >= 0.6 is 0 Å². The molecule has 1 heterocycles. The van der Waals surface area contributed by atoms with Crippen molar-refractivity contribution in [3.05, 3.63) is 33.9 Å². The van der Waals surface area contributed by atoms with Gasteiger partial charge in [-0.1, -0.05) is 0 Å². The third-order valence-corrected chi connectivity index (χ3v) is 2.89. The number of nitro benzene ring substituents is 1. The lowest BCUT2D eigenvalue weighted by atomic mass is 10.1. The number of carbonyl (C=O) groups excluding carboxylic acids is 1. The zero-order valence-corrected chi connectivity index (χ0v) is 12.3. The largest absolute Gasteiger partial charge is 0.491 e. The second-order valence-corrected chi connectivity index (χ2v) is 5.80. The van der Waals surface area contributed by atoms with E-state index in [4.69, 9.17) is 9.47 Å². The van der Waals surface area contributed by atoms with Crippen LogP contribution in [0.15, 0.2) is 18.2 Å². The Morgan fingerprint density at radius 2 is 2.14 bits per heavy atom. The zero-order chi connectivity index (χ0) is 15.6. The van der Waals surface area contributed by atoms with E-state index in [0.29, 0.717) is 18.8 Å². The van der Waals surface area contributed by atoms with Crippen LogP contribution < -0.4 is 4.74 Å². The Kier molecular flexibility index (Phi) is 4.02. The monoisotopic (exact) mass is 294 g/mol. The van der Waals surface area contributed by atoms with Gasteiger partial charge in [-0.05, 0) is 26.8 Å². The van der Waals surface area contributed by atoms with Gasteiger partial charge in [0.1, 0.15) is 18.0 Å². The average molecular weight is 294 g/mol. The van der Waals surface area contributed by atoms with Gasteiger partial charge < -0.3 is 14.4 Å². The molecule has 0 saturated heterocycles. The number of ether oxygens (including phenoxy) is 2. The number of hydrogen-bond acceptors (Lipinski definition) is 5. The van der Waals surface area contributed by atoms with E-state index in [-0.39, 0.29) is 12.3 Å². The maximum Gasteiger partial charge on any atom is 0.410 e. The predicted molar refractivity (Wildman–Crippen MR) is 75.2 cm³/mol. The summed E-state index contributed by atoms with van der Waals surface area (Å²) in [4.78, 5) is 23.9. The minimum atomic E-state index is -0.567. The van der Waals surface area contributed by atoms with Gasteiger partial charge in [-0.15, -0.1) is 0 Å². The standard InChI is InChI=1S/C14H18N2O5/c1-14(2,3)21-13(17)15-6-7-20-12-8-11(16(18)19)5-4-10(12)9-15/h4-5,8H,6-7,9H2,1-3H3. The summed E-state index contributed by atoms with van der Waals surface area (Å²) in [5, 5.41) is 10.8. The van der Waals surface area contributed by atoms with E-state index in [2.05, 4.69) is 0 Å². The maximum atomic E-state index is 12.1. The first kappa shape index (κ1) is 15.1. The molecule has 2 rings (SSSR count). The van der Waals surface area contributed by atoms with Crippen molar-refractivity contribution in [3.8, 4) is 5.75 Å². The molecule has 1 aromatic carbocycles. The number of non-ortho nitro benzene ring substituents is 1. The first-order chi connectivity index (χ1) is 9.76. The topological polar surface area (TPSA) is 81.9 Å². The van der Waals surface area contributed by atoms with Gasteiger partial charge in [0.2, 0.25) is 0 Å². The number of hydrogen-bond donors (Lipinski definition) is 0. The molecule has 0 N–H and O–H groups in total. The molecular weight excluding hydrogens is 276 g/mol. The third-order valence-electron chi connectivity index (χ3n) is 2.89. The SMILES string of the molecule is CC(C)(C)OC(=O)N1CCOc2cc([N+](=O)[O-])ccc2C1. The van der Waals surface area contributed by atoms with Crippen LogP contribution in [0.5, 0.6) is 5.75 Å². The molecule has 0 atom stereocenters. The Hall–Kier alpha value is -2.31. The summed E-state index contributed by atoms with van der Waals surface area (Å²) in [7, 11) is 0. The molecule has 0 spiro atoms. The number of carbonyl (C=O) groups is 1. The summed E-state index contributed by atoms with van der Waals surface area (Å²) in [5.74, 6) is 0.440. The smallest absolute Gasteiger partial charge is 0.410 e. The molecule has 1 aromatic rings. The average Bonchev–Trinajstić information content (AvgIpc) is 2.57. The Morgan fingerprint density at radius 1 is 1.43 bits per heavy atom. The molecule has 1 aliphatic heterocycles. The minimum absolute atomic E-state index is 0.0283. The van der Waals surface area contributed by atoms with Gasteiger partial charge in [-0.25, -0.2) is 4.79 Å². The van der Waals surface area contributed by atoms with Crippen LogP contribution in [-0.4, -0.2) is 34.7 Å². The van der Waals surface area contributed by atoms with Crippen LogP contribution in [0.1, 0.15) is 26.3 Å². The Balaban J connectivity index is 2.18. The van der Waals surface area contributed by atoms with Crippen molar-refractivity contribution in [2.75, 3.05) is 13.2 Å². The van der Waals surface area contributed by atoms with Crippen molar-refractivity contribution in [2.24, 2.45) is 0 Å². The summed E-state index contributed by atoms with van der Waals surface area (Å²) in [6.07, 6.45) is -0.419. The zero-order valence-electron chi connectivity index (χ0n) is 12.3. The Labute approximate surface area is 122 Å². The number of benzene rings is 1. The van der Waals surface area contributed by atoms with E-state index in [1.807, 2.05) is 0 Å². The van der Waals surface area contributed by atoms with Gasteiger partial charge in [0.25, 0.3) is 5.69 Å². The van der Waals surface area contributed by atoms with Crippen molar-refractivity contribution in [1.82, 2.24) is 4.90 Å². The Bertz CT molecular complexity index is 565. The van der Waals surface area contributed by atoms with Crippen LogP contribution in [0, 0.1) is 10.1 Å². The number of fused-ring (bicyclic) bond motifs is 1. The molecule has 1 aliphatic rings. The highest BCUT2D eigenvalue weighted by Gasteiger charge is 2.25. The highest BCUT2D eigenvalue weighted by molar-refractivity contribution is 5.68. The molecule has 0 saturated carbocycles. The maximum absolute atomic E-state index is 12.1. The molecule has 0 unspecified atom stereocenters. The van der Waals surface area contributed by atoms with Crippen LogP contribution in [0.3, 0.4) is 0 Å². The van der Waals surface area contributed by atoms with Gasteiger partial charge in [-0.2, -0.15) is 0 Å². The van der Waals surface area contributed by atoms with E-state index < -0.39 is 16.6 Å². The van der Waals surface area contributed by atoms with E-state index in [1.54, 1.807) is 26.8 Å².